The number of aromatic nitrogens is 2. The SMILES string of the molecule is Cc1cccc(Nc2nc(CCCN)nc3c2CNC3)c1. The lowest BCUT2D eigenvalue weighted by molar-refractivity contribution is 0.747. The second-order valence-electron chi connectivity index (χ2n) is 5.40. The molecule has 3 rings (SSSR count). The first kappa shape index (κ1) is 14.0. The minimum Gasteiger partial charge on any atom is -0.340 e. The molecule has 0 unspecified atom stereocenters. The standard InChI is InChI=1S/C16H21N5/c1-11-4-2-5-12(8-11)19-16-13-9-18-10-14(13)20-15(21-16)6-3-7-17/h2,4-5,8,18H,3,6-7,9-10,17H2,1H3,(H,19,20,21). The Labute approximate surface area is 125 Å². The van der Waals surface area contributed by atoms with Gasteiger partial charge >= 0.3 is 0 Å². The van der Waals surface area contributed by atoms with Crippen molar-refractivity contribution in [1.29, 1.82) is 0 Å². The number of fused-ring (bicyclic) bond motifs is 1. The average molecular weight is 283 g/mol. The fourth-order valence-corrected chi connectivity index (χ4v) is 2.55. The largest absolute Gasteiger partial charge is 0.340 e. The van der Waals surface area contributed by atoms with Crippen LogP contribution < -0.4 is 16.4 Å². The number of aryl methyl sites for hydroxylation is 2. The maximum absolute atomic E-state index is 5.58. The molecular formula is C16H21N5. The summed E-state index contributed by atoms with van der Waals surface area (Å²) in [4.78, 5) is 9.33. The van der Waals surface area contributed by atoms with Gasteiger partial charge in [-0.15, -0.1) is 0 Å². The first-order valence-corrected chi connectivity index (χ1v) is 7.39. The predicted molar refractivity (Wildman–Crippen MR) is 84.4 cm³/mol. The fourth-order valence-electron chi connectivity index (χ4n) is 2.55. The van der Waals surface area contributed by atoms with Gasteiger partial charge in [-0.05, 0) is 37.6 Å². The van der Waals surface area contributed by atoms with Crippen molar-refractivity contribution >= 4 is 11.5 Å². The highest BCUT2D eigenvalue weighted by Gasteiger charge is 2.18. The summed E-state index contributed by atoms with van der Waals surface area (Å²) < 4.78 is 0. The van der Waals surface area contributed by atoms with Crippen molar-refractivity contribution in [2.75, 3.05) is 11.9 Å². The second-order valence-corrected chi connectivity index (χ2v) is 5.40. The molecular weight excluding hydrogens is 262 g/mol. The Morgan fingerprint density at radius 2 is 2.19 bits per heavy atom. The smallest absolute Gasteiger partial charge is 0.138 e. The van der Waals surface area contributed by atoms with Gasteiger partial charge in [-0.25, -0.2) is 9.97 Å². The van der Waals surface area contributed by atoms with Crippen LogP contribution in [0, 0.1) is 6.92 Å². The van der Waals surface area contributed by atoms with Crippen LogP contribution in [0.4, 0.5) is 11.5 Å². The fraction of sp³-hybridized carbons (Fsp3) is 0.375. The van der Waals surface area contributed by atoms with Crippen LogP contribution in [0.25, 0.3) is 0 Å². The van der Waals surface area contributed by atoms with Gasteiger partial charge in [0.2, 0.25) is 0 Å². The zero-order valence-corrected chi connectivity index (χ0v) is 12.3. The Kier molecular flexibility index (Phi) is 4.13. The maximum Gasteiger partial charge on any atom is 0.138 e. The molecule has 0 atom stereocenters. The Bertz CT molecular complexity index is 639. The van der Waals surface area contributed by atoms with Crippen LogP contribution >= 0.6 is 0 Å². The van der Waals surface area contributed by atoms with E-state index in [-0.39, 0.29) is 0 Å². The molecule has 5 nitrogen and oxygen atoms in total. The van der Waals surface area contributed by atoms with Crippen molar-refractivity contribution in [1.82, 2.24) is 15.3 Å². The van der Waals surface area contributed by atoms with Crippen molar-refractivity contribution in [2.45, 2.75) is 32.9 Å². The van der Waals surface area contributed by atoms with E-state index in [4.69, 9.17) is 5.73 Å². The highest BCUT2D eigenvalue weighted by atomic mass is 15.1. The van der Waals surface area contributed by atoms with Crippen LogP contribution in [0.3, 0.4) is 0 Å². The molecule has 110 valence electrons. The molecule has 0 bridgehead atoms. The van der Waals surface area contributed by atoms with Crippen LogP contribution in [-0.4, -0.2) is 16.5 Å². The summed E-state index contributed by atoms with van der Waals surface area (Å²) in [6.07, 6.45) is 1.74. The van der Waals surface area contributed by atoms with E-state index in [1.54, 1.807) is 0 Å². The Balaban J connectivity index is 1.91. The van der Waals surface area contributed by atoms with Gasteiger partial charge in [-0.3, -0.25) is 0 Å². The van der Waals surface area contributed by atoms with E-state index in [0.29, 0.717) is 6.54 Å². The van der Waals surface area contributed by atoms with Crippen molar-refractivity contribution in [2.24, 2.45) is 5.73 Å². The molecule has 5 heteroatoms. The van der Waals surface area contributed by atoms with Gasteiger partial charge in [0.25, 0.3) is 0 Å². The quantitative estimate of drug-likeness (QED) is 0.782. The normalized spacial score (nSPS) is 13.2. The van der Waals surface area contributed by atoms with Crippen molar-refractivity contribution in [3.63, 3.8) is 0 Å². The molecule has 0 fully saturated rings. The Morgan fingerprint density at radius 1 is 1.29 bits per heavy atom. The summed E-state index contributed by atoms with van der Waals surface area (Å²) in [5.41, 5.74) is 10.2. The number of hydrogen-bond donors (Lipinski definition) is 3. The molecule has 1 aromatic carbocycles. The highest BCUT2D eigenvalue weighted by Crippen LogP contribution is 2.25. The van der Waals surface area contributed by atoms with Gasteiger partial charge in [0.05, 0.1) is 5.69 Å². The summed E-state index contributed by atoms with van der Waals surface area (Å²) in [6.45, 7) is 4.39. The second kappa shape index (κ2) is 6.20. The molecule has 21 heavy (non-hydrogen) atoms. The molecule has 0 amide bonds. The van der Waals surface area contributed by atoms with E-state index < -0.39 is 0 Å². The summed E-state index contributed by atoms with van der Waals surface area (Å²) in [7, 11) is 0. The van der Waals surface area contributed by atoms with E-state index in [0.717, 1.165) is 49.0 Å². The zero-order chi connectivity index (χ0) is 14.7. The molecule has 0 spiro atoms. The minimum absolute atomic E-state index is 0.666. The molecule has 1 aliphatic rings. The van der Waals surface area contributed by atoms with Gasteiger partial charge in [0.1, 0.15) is 11.6 Å². The lowest BCUT2D eigenvalue weighted by atomic mass is 10.2. The third-order valence-corrected chi connectivity index (χ3v) is 3.62. The molecule has 0 radical (unpaired) electrons. The van der Waals surface area contributed by atoms with E-state index in [2.05, 4.69) is 45.7 Å². The number of rotatable bonds is 5. The predicted octanol–water partition coefficient (Wildman–Crippen LogP) is 2.02. The molecule has 0 saturated heterocycles. The number of anilines is 2. The topological polar surface area (TPSA) is 75.9 Å². The van der Waals surface area contributed by atoms with Crippen LogP contribution in [0.1, 0.15) is 29.1 Å². The molecule has 2 heterocycles. The van der Waals surface area contributed by atoms with Gasteiger partial charge in [-0.1, -0.05) is 12.1 Å². The summed E-state index contributed by atoms with van der Waals surface area (Å²) in [5, 5.41) is 6.78. The number of nitrogens with zero attached hydrogens (tertiary/aromatic N) is 2. The molecule has 1 aliphatic heterocycles. The van der Waals surface area contributed by atoms with Gasteiger partial charge in [0.15, 0.2) is 0 Å². The summed E-state index contributed by atoms with van der Waals surface area (Å²) in [6, 6.07) is 8.32. The zero-order valence-electron chi connectivity index (χ0n) is 12.3. The Morgan fingerprint density at radius 3 is 3.00 bits per heavy atom. The molecule has 1 aromatic heterocycles. The first-order chi connectivity index (χ1) is 10.3. The van der Waals surface area contributed by atoms with Crippen LogP contribution in [0.15, 0.2) is 24.3 Å². The average Bonchev–Trinajstić information content (AvgIpc) is 2.94. The third kappa shape index (κ3) is 3.20. The van der Waals surface area contributed by atoms with Gasteiger partial charge in [-0.2, -0.15) is 0 Å². The van der Waals surface area contributed by atoms with Crippen LogP contribution in [0.2, 0.25) is 0 Å². The Hall–Kier alpha value is -1.98. The lowest BCUT2D eigenvalue weighted by Gasteiger charge is -2.12. The molecule has 0 aliphatic carbocycles. The van der Waals surface area contributed by atoms with Crippen molar-refractivity contribution < 1.29 is 0 Å². The molecule has 4 N–H and O–H groups in total. The third-order valence-electron chi connectivity index (χ3n) is 3.62. The molecule has 0 saturated carbocycles. The van der Waals surface area contributed by atoms with Gasteiger partial charge < -0.3 is 16.4 Å². The van der Waals surface area contributed by atoms with Gasteiger partial charge in [0, 0.05) is 30.8 Å². The minimum atomic E-state index is 0.666. The van der Waals surface area contributed by atoms with Crippen LogP contribution in [0.5, 0.6) is 0 Å². The van der Waals surface area contributed by atoms with E-state index in [1.807, 2.05) is 6.07 Å². The van der Waals surface area contributed by atoms with Crippen LogP contribution in [-0.2, 0) is 19.5 Å². The number of hydrogen-bond acceptors (Lipinski definition) is 5. The monoisotopic (exact) mass is 283 g/mol. The summed E-state index contributed by atoms with van der Waals surface area (Å²) >= 11 is 0. The first-order valence-electron chi connectivity index (χ1n) is 7.39. The van der Waals surface area contributed by atoms with E-state index in [1.165, 1.54) is 11.1 Å². The van der Waals surface area contributed by atoms with Crippen molar-refractivity contribution in [3.05, 3.63) is 46.9 Å². The van der Waals surface area contributed by atoms with Crippen molar-refractivity contribution in [3.8, 4) is 0 Å². The molecule has 2 aromatic rings. The number of benzene rings is 1. The highest BCUT2D eigenvalue weighted by molar-refractivity contribution is 5.61. The van der Waals surface area contributed by atoms with E-state index in [9.17, 15) is 0 Å². The number of nitrogens with two attached hydrogens (primary N) is 1. The van der Waals surface area contributed by atoms with E-state index >= 15 is 0 Å². The maximum atomic E-state index is 5.58. The summed E-state index contributed by atoms with van der Waals surface area (Å²) in [5.74, 6) is 1.79. The number of nitrogens with one attached hydrogen (secondary N) is 2. The lowest BCUT2D eigenvalue weighted by Crippen LogP contribution is -2.08.